The standard InChI is InChI=1S/C31H40F6N2O3S/c1-5-42-24(41)28(4)10-6-9-27(3)20(28)8-12-29-16-26(2,11-7-21(27)29)22(23(29)40)39-25(43)38-19-14-17(30(32,33)34)13-18(15-19)31(35,36)37/h13-15,20-23,40H,5-12,16H2,1-4H3,(H2,38,39,43)/t20-,21-,22+,23-,26-,27+,28+,29-/m0/s1. The molecule has 4 aliphatic rings. The normalized spacial score (nSPS) is 39.0. The Hall–Kier alpha value is -2.08. The van der Waals surface area contributed by atoms with Crippen molar-refractivity contribution in [2.75, 3.05) is 11.9 Å². The fraction of sp³-hybridized carbons (Fsp3) is 0.742. The molecule has 8 atom stereocenters. The molecule has 0 unspecified atom stereocenters. The summed E-state index contributed by atoms with van der Waals surface area (Å²) in [7, 11) is 0. The predicted octanol–water partition coefficient (Wildman–Crippen LogP) is 7.72. The minimum absolute atomic E-state index is 0.0704. The van der Waals surface area contributed by atoms with Crippen molar-refractivity contribution in [3.63, 3.8) is 0 Å². The molecule has 4 aliphatic carbocycles. The lowest BCUT2D eigenvalue weighted by molar-refractivity contribution is -0.196. The van der Waals surface area contributed by atoms with Gasteiger partial charge in [0.05, 0.1) is 35.3 Å². The van der Waals surface area contributed by atoms with E-state index in [2.05, 4.69) is 24.5 Å². The van der Waals surface area contributed by atoms with Gasteiger partial charge in [-0.25, -0.2) is 0 Å². The number of hydrogen-bond acceptors (Lipinski definition) is 4. The molecule has 0 saturated heterocycles. The summed E-state index contributed by atoms with van der Waals surface area (Å²) < 4.78 is 85.8. The monoisotopic (exact) mass is 634 g/mol. The van der Waals surface area contributed by atoms with Gasteiger partial charge in [-0.2, -0.15) is 26.3 Å². The topological polar surface area (TPSA) is 70.6 Å². The Morgan fingerprint density at radius 2 is 1.58 bits per heavy atom. The number of aliphatic hydroxyl groups is 1. The quantitative estimate of drug-likeness (QED) is 0.179. The maximum absolute atomic E-state index is 13.4. The number of aliphatic hydroxyl groups excluding tert-OH is 1. The van der Waals surface area contributed by atoms with Crippen molar-refractivity contribution in [1.82, 2.24) is 5.32 Å². The summed E-state index contributed by atoms with van der Waals surface area (Å²) in [5.74, 6) is 0.0919. The molecule has 5 rings (SSSR count). The second kappa shape index (κ2) is 10.5. The number of nitrogens with one attached hydrogen (secondary N) is 2. The van der Waals surface area contributed by atoms with Gasteiger partial charge in [-0.3, -0.25) is 4.79 Å². The summed E-state index contributed by atoms with van der Waals surface area (Å²) >= 11 is 5.40. The zero-order chi connectivity index (χ0) is 31.8. The van der Waals surface area contributed by atoms with Crippen molar-refractivity contribution in [3.05, 3.63) is 29.3 Å². The van der Waals surface area contributed by atoms with E-state index in [1.165, 1.54) is 0 Å². The number of hydrogen-bond donors (Lipinski definition) is 3. The fourth-order valence-corrected chi connectivity index (χ4v) is 10.2. The molecule has 0 aliphatic heterocycles. The second-order valence-electron chi connectivity index (χ2n) is 14.1. The molecule has 4 fully saturated rings. The van der Waals surface area contributed by atoms with E-state index in [-0.39, 0.29) is 34.4 Å². The van der Waals surface area contributed by atoms with Gasteiger partial charge in [0.15, 0.2) is 5.11 Å². The van der Waals surface area contributed by atoms with Gasteiger partial charge >= 0.3 is 18.3 Å². The molecule has 240 valence electrons. The largest absolute Gasteiger partial charge is 0.466 e. The van der Waals surface area contributed by atoms with Crippen molar-refractivity contribution >= 4 is 29.0 Å². The van der Waals surface area contributed by atoms with Gasteiger partial charge in [0.2, 0.25) is 0 Å². The number of rotatable bonds is 4. The number of halogens is 6. The highest BCUT2D eigenvalue weighted by molar-refractivity contribution is 7.80. The zero-order valence-corrected chi connectivity index (χ0v) is 25.7. The van der Waals surface area contributed by atoms with Gasteiger partial charge in [0, 0.05) is 11.1 Å². The molecule has 0 aromatic heterocycles. The molecule has 1 aromatic carbocycles. The van der Waals surface area contributed by atoms with E-state index in [1.54, 1.807) is 0 Å². The van der Waals surface area contributed by atoms with Crippen LogP contribution in [0.15, 0.2) is 18.2 Å². The Morgan fingerprint density at radius 1 is 0.977 bits per heavy atom. The van der Waals surface area contributed by atoms with Crippen molar-refractivity contribution in [1.29, 1.82) is 0 Å². The van der Waals surface area contributed by atoms with Gasteiger partial charge in [0.1, 0.15) is 0 Å². The van der Waals surface area contributed by atoms with E-state index in [9.17, 15) is 36.2 Å². The maximum atomic E-state index is 13.4. The Bertz CT molecular complexity index is 1260. The minimum atomic E-state index is -4.98. The third kappa shape index (κ3) is 5.21. The summed E-state index contributed by atoms with van der Waals surface area (Å²) in [5.41, 5.74) is -4.95. The number of anilines is 1. The third-order valence-electron chi connectivity index (χ3n) is 11.6. The molecule has 0 heterocycles. The fourth-order valence-electron chi connectivity index (χ4n) is 9.93. The number of esters is 1. The molecule has 0 amide bonds. The van der Waals surface area contributed by atoms with E-state index in [0.29, 0.717) is 31.6 Å². The summed E-state index contributed by atoms with van der Waals surface area (Å²) in [6, 6.07) is 0.704. The molecule has 12 heteroatoms. The lowest BCUT2D eigenvalue weighted by atomic mass is 9.40. The molecule has 2 bridgehead atoms. The molecule has 3 N–H and O–H groups in total. The third-order valence-corrected chi connectivity index (χ3v) is 11.9. The SMILES string of the molecule is CCOC(=O)[C@]1(C)CCC[C@@]2(C)[C@@H]3CC[C@@]4(C)C[C@]3(CC[C@@H]21)[C@@H](O)[C@H]4NC(=S)Nc1cc(C(F)(F)F)cc(C(F)(F)F)c1. The summed E-state index contributed by atoms with van der Waals surface area (Å²) in [5, 5.41) is 17.5. The van der Waals surface area contributed by atoms with Crippen LogP contribution in [-0.4, -0.2) is 34.9 Å². The minimum Gasteiger partial charge on any atom is -0.466 e. The number of ether oxygens (including phenoxy) is 1. The highest BCUT2D eigenvalue weighted by Gasteiger charge is 2.71. The summed E-state index contributed by atoms with van der Waals surface area (Å²) in [6.45, 7) is 8.47. The Morgan fingerprint density at radius 3 is 2.16 bits per heavy atom. The van der Waals surface area contributed by atoms with Crippen LogP contribution in [0.1, 0.15) is 90.2 Å². The van der Waals surface area contributed by atoms with Crippen LogP contribution in [0.2, 0.25) is 0 Å². The molecule has 4 saturated carbocycles. The highest BCUT2D eigenvalue weighted by atomic mass is 32.1. The molecule has 0 radical (unpaired) electrons. The van der Waals surface area contributed by atoms with Gasteiger partial charge < -0.3 is 20.5 Å². The zero-order valence-electron chi connectivity index (χ0n) is 24.8. The lowest BCUT2D eigenvalue weighted by Crippen LogP contribution is -2.61. The van der Waals surface area contributed by atoms with Crippen LogP contribution in [0.25, 0.3) is 0 Å². The first-order valence-electron chi connectivity index (χ1n) is 15.0. The van der Waals surface area contributed by atoms with Crippen molar-refractivity contribution in [2.45, 2.75) is 104 Å². The number of carbonyl (C=O) groups excluding carboxylic acids is 1. The molecular formula is C31H40F6N2O3S. The van der Waals surface area contributed by atoms with E-state index >= 15 is 0 Å². The van der Waals surface area contributed by atoms with Crippen LogP contribution in [-0.2, 0) is 21.9 Å². The van der Waals surface area contributed by atoms with Crippen LogP contribution >= 0.6 is 12.2 Å². The number of alkyl halides is 6. The van der Waals surface area contributed by atoms with E-state index in [0.717, 1.165) is 38.5 Å². The summed E-state index contributed by atoms with van der Waals surface area (Å²) in [6.07, 6.45) is -4.42. The van der Waals surface area contributed by atoms with Gasteiger partial charge in [-0.1, -0.05) is 20.3 Å². The number of carbonyl (C=O) groups is 1. The number of thiocarbonyl (C=S) groups is 1. The van der Waals surface area contributed by atoms with Crippen molar-refractivity contribution in [2.24, 2.45) is 33.5 Å². The van der Waals surface area contributed by atoms with Crippen LogP contribution in [0, 0.1) is 33.5 Å². The first-order chi connectivity index (χ1) is 19.8. The molecular weight excluding hydrogens is 594 g/mol. The van der Waals surface area contributed by atoms with Gasteiger partial charge in [-0.05, 0) is 112 Å². The van der Waals surface area contributed by atoms with E-state index in [1.807, 2.05) is 13.8 Å². The molecule has 43 heavy (non-hydrogen) atoms. The first kappa shape index (κ1) is 32.3. The Balaban J connectivity index is 1.39. The van der Waals surface area contributed by atoms with Crippen LogP contribution < -0.4 is 10.6 Å². The van der Waals surface area contributed by atoms with Gasteiger partial charge in [0.25, 0.3) is 0 Å². The van der Waals surface area contributed by atoms with Crippen molar-refractivity contribution < 1.29 is 41.0 Å². The first-order valence-corrected chi connectivity index (χ1v) is 15.4. The van der Waals surface area contributed by atoms with Crippen LogP contribution in [0.4, 0.5) is 32.0 Å². The second-order valence-corrected chi connectivity index (χ2v) is 14.5. The molecule has 5 nitrogen and oxygen atoms in total. The van der Waals surface area contributed by atoms with Crippen LogP contribution in [0.3, 0.4) is 0 Å². The molecule has 1 spiro atoms. The maximum Gasteiger partial charge on any atom is 0.416 e. The average Bonchev–Trinajstić information content (AvgIpc) is 3.03. The summed E-state index contributed by atoms with van der Waals surface area (Å²) in [4.78, 5) is 13.2. The van der Waals surface area contributed by atoms with Crippen LogP contribution in [0.5, 0.6) is 0 Å². The van der Waals surface area contributed by atoms with Gasteiger partial charge in [-0.15, -0.1) is 0 Å². The van der Waals surface area contributed by atoms with E-state index in [4.69, 9.17) is 17.0 Å². The average molecular weight is 635 g/mol. The highest BCUT2D eigenvalue weighted by Crippen LogP contribution is 2.73. The Kier molecular flexibility index (Phi) is 7.88. The smallest absolute Gasteiger partial charge is 0.416 e. The lowest BCUT2D eigenvalue weighted by Gasteiger charge is -2.64. The predicted molar refractivity (Wildman–Crippen MR) is 153 cm³/mol. The van der Waals surface area contributed by atoms with Crippen molar-refractivity contribution in [3.8, 4) is 0 Å². The number of fused-ring (bicyclic) bond motifs is 3. The molecule has 1 aromatic rings. The Labute approximate surface area is 253 Å². The number of benzene rings is 1. The van der Waals surface area contributed by atoms with E-state index < -0.39 is 57.6 Å².